The van der Waals surface area contributed by atoms with E-state index < -0.39 is 0 Å². The highest BCUT2D eigenvalue weighted by molar-refractivity contribution is 6.03. The van der Waals surface area contributed by atoms with Gasteiger partial charge in [-0.1, -0.05) is 12.1 Å². The maximum Gasteiger partial charge on any atom is 0.0664 e. The number of nitrogens with two attached hydrogens (primary N) is 2. The Morgan fingerprint density at radius 3 is 2.83 bits per heavy atom. The van der Waals surface area contributed by atoms with E-state index >= 15 is 0 Å². The molecule has 1 aromatic carbocycles. The average molecular weight is 243 g/mol. The standard InChI is InChI=1S/C15H21N3/c1-10-5-3-7-14(11(10)2)18-15-8-4-6-13(17)12(15)9-16/h3,5,7,9,13H,4,6,8,16-17H2,1-2H3. The lowest BCUT2D eigenvalue weighted by Crippen LogP contribution is -2.32. The minimum absolute atomic E-state index is 0.0348. The van der Waals surface area contributed by atoms with E-state index in [2.05, 4.69) is 19.9 Å². The molecule has 0 amide bonds. The third-order valence-corrected chi connectivity index (χ3v) is 3.67. The normalized spacial score (nSPS) is 24.7. The van der Waals surface area contributed by atoms with Crippen LogP contribution in [0.5, 0.6) is 0 Å². The van der Waals surface area contributed by atoms with Crippen LogP contribution in [0.1, 0.15) is 30.4 Å². The number of benzene rings is 1. The molecular formula is C15H21N3. The van der Waals surface area contributed by atoms with Crippen molar-refractivity contribution < 1.29 is 0 Å². The third kappa shape index (κ3) is 2.46. The van der Waals surface area contributed by atoms with E-state index in [1.54, 1.807) is 6.20 Å². The van der Waals surface area contributed by atoms with Gasteiger partial charge in [-0.25, -0.2) is 0 Å². The average Bonchev–Trinajstić information content (AvgIpc) is 2.35. The topological polar surface area (TPSA) is 64.4 Å². The van der Waals surface area contributed by atoms with Crippen molar-refractivity contribution in [2.24, 2.45) is 16.5 Å². The molecule has 2 rings (SSSR count). The van der Waals surface area contributed by atoms with Crippen LogP contribution in [-0.2, 0) is 0 Å². The van der Waals surface area contributed by atoms with Gasteiger partial charge in [0.15, 0.2) is 0 Å². The molecule has 1 fully saturated rings. The number of aryl methyl sites for hydroxylation is 1. The number of hydrogen-bond acceptors (Lipinski definition) is 3. The Bertz CT molecular complexity index is 500. The van der Waals surface area contributed by atoms with Crippen LogP contribution in [-0.4, -0.2) is 11.8 Å². The van der Waals surface area contributed by atoms with Gasteiger partial charge in [0.05, 0.1) is 5.69 Å². The summed E-state index contributed by atoms with van der Waals surface area (Å²) in [5.41, 5.74) is 17.3. The van der Waals surface area contributed by atoms with E-state index in [1.165, 1.54) is 11.1 Å². The summed E-state index contributed by atoms with van der Waals surface area (Å²) in [6.07, 6.45) is 4.66. The minimum atomic E-state index is 0.0348. The number of hydrogen-bond donors (Lipinski definition) is 2. The molecule has 0 spiro atoms. The minimum Gasteiger partial charge on any atom is -0.404 e. The molecule has 1 aliphatic carbocycles. The van der Waals surface area contributed by atoms with Gasteiger partial charge >= 0.3 is 0 Å². The van der Waals surface area contributed by atoms with Crippen LogP contribution >= 0.6 is 0 Å². The van der Waals surface area contributed by atoms with Crippen LogP contribution in [0.4, 0.5) is 5.69 Å². The Kier molecular flexibility index (Phi) is 3.82. The quantitative estimate of drug-likeness (QED) is 0.796. The molecule has 96 valence electrons. The van der Waals surface area contributed by atoms with E-state index in [1.807, 2.05) is 12.1 Å². The molecule has 4 N–H and O–H groups in total. The molecule has 1 atom stereocenters. The highest BCUT2D eigenvalue weighted by Gasteiger charge is 2.20. The molecule has 0 saturated heterocycles. The first kappa shape index (κ1) is 12.8. The molecule has 1 aromatic rings. The fraction of sp³-hybridized carbons (Fsp3) is 0.400. The zero-order valence-electron chi connectivity index (χ0n) is 11.1. The number of aliphatic imine (C=N–C) groups is 1. The SMILES string of the molecule is Cc1cccc(N=C2CCCC(N)C2=CN)c1C. The number of nitrogens with zero attached hydrogens (tertiary/aromatic N) is 1. The van der Waals surface area contributed by atoms with Gasteiger partial charge in [0.1, 0.15) is 0 Å². The molecule has 1 unspecified atom stereocenters. The summed E-state index contributed by atoms with van der Waals surface area (Å²) in [7, 11) is 0. The van der Waals surface area contributed by atoms with Crippen molar-refractivity contribution >= 4 is 11.4 Å². The van der Waals surface area contributed by atoms with Gasteiger partial charge < -0.3 is 11.5 Å². The van der Waals surface area contributed by atoms with Crippen molar-refractivity contribution in [3.63, 3.8) is 0 Å². The van der Waals surface area contributed by atoms with Gasteiger partial charge in [-0.15, -0.1) is 0 Å². The summed E-state index contributed by atoms with van der Waals surface area (Å²) < 4.78 is 0. The van der Waals surface area contributed by atoms with Gasteiger partial charge in [0.2, 0.25) is 0 Å². The molecule has 0 aliphatic heterocycles. The summed E-state index contributed by atoms with van der Waals surface area (Å²) in [6.45, 7) is 4.20. The van der Waals surface area contributed by atoms with Gasteiger partial charge in [-0.3, -0.25) is 4.99 Å². The summed E-state index contributed by atoms with van der Waals surface area (Å²) in [5.74, 6) is 0. The van der Waals surface area contributed by atoms with Crippen LogP contribution in [0.25, 0.3) is 0 Å². The zero-order valence-corrected chi connectivity index (χ0v) is 11.1. The molecule has 1 saturated carbocycles. The summed E-state index contributed by atoms with van der Waals surface area (Å²) in [6, 6.07) is 6.22. The van der Waals surface area contributed by atoms with Crippen molar-refractivity contribution in [2.75, 3.05) is 0 Å². The summed E-state index contributed by atoms with van der Waals surface area (Å²) in [4.78, 5) is 4.77. The zero-order chi connectivity index (χ0) is 13.1. The molecule has 0 aromatic heterocycles. The molecule has 0 bridgehead atoms. The smallest absolute Gasteiger partial charge is 0.0664 e. The second kappa shape index (κ2) is 5.36. The Hall–Kier alpha value is -1.61. The lowest BCUT2D eigenvalue weighted by molar-refractivity contribution is 0.640. The molecular weight excluding hydrogens is 222 g/mol. The van der Waals surface area contributed by atoms with Gasteiger partial charge in [0, 0.05) is 23.5 Å². The van der Waals surface area contributed by atoms with Crippen LogP contribution in [0.3, 0.4) is 0 Å². The Balaban J connectivity index is 2.40. The first-order valence-corrected chi connectivity index (χ1v) is 6.45. The predicted molar refractivity (Wildman–Crippen MR) is 77.1 cm³/mol. The lowest BCUT2D eigenvalue weighted by atomic mass is 9.89. The molecule has 3 nitrogen and oxygen atoms in total. The molecule has 1 aliphatic rings. The molecule has 0 heterocycles. The third-order valence-electron chi connectivity index (χ3n) is 3.67. The largest absolute Gasteiger partial charge is 0.404 e. The van der Waals surface area contributed by atoms with Crippen molar-refractivity contribution in [3.05, 3.63) is 41.1 Å². The lowest BCUT2D eigenvalue weighted by Gasteiger charge is -2.23. The van der Waals surface area contributed by atoms with Crippen LogP contribution in [0.15, 0.2) is 35.0 Å². The predicted octanol–water partition coefficient (Wildman–Crippen LogP) is 2.73. The van der Waals surface area contributed by atoms with Gasteiger partial charge in [0.25, 0.3) is 0 Å². The molecule has 3 heteroatoms. The van der Waals surface area contributed by atoms with Crippen molar-refractivity contribution in [1.29, 1.82) is 0 Å². The maximum absolute atomic E-state index is 6.07. The second-order valence-corrected chi connectivity index (χ2v) is 4.90. The van der Waals surface area contributed by atoms with Crippen molar-refractivity contribution in [2.45, 2.75) is 39.2 Å². The molecule has 18 heavy (non-hydrogen) atoms. The fourth-order valence-corrected chi connectivity index (χ4v) is 2.35. The summed E-state index contributed by atoms with van der Waals surface area (Å²) >= 11 is 0. The van der Waals surface area contributed by atoms with E-state index in [0.29, 0.717) is 0 Å². The highest BCUT2D eigenvalue weighted by Crippen LogP contribution is 2.26. The van der Waals surface area contributed by atoms with Crippen molar-refractivity contribution in [1.82, 2.24) is 0 Å². The van der Waals surface area contributed by atoms with E-state index in [-0.39, 0.29) is 6.04 Å². The first-order chi connectivity index (χ1) is 8.63. The monoisotopic (exact) mass is 243 g/mol. The van der Waals surface area contributed by atoms with E-state index in [4.69, 9.17) is 16.5 Å². The van der Waals surface area contributed by atoms with Crippen molar-refractivity contribution in [3.8, 4) is 0 Å². The highest BCUT2D eigenvalue weighted by atomic mass is 14.8. The second-order valence-electron chi connectivity index (χ2n) is 4.90. The first-order valence-electron chi connectivity index (χ1n) is 6.45. The molecule has 0 radical (unpaired) electrons. The van der Waals surface area contributed by atoms with Crippen LogP contribution in [0.2, 0.25) is 0 Å². The van der Waals surface area contributed by atoms with Gasteiger partial charge in [-0.05, 0) is 50.3 Å². The summed E-state index contributed by atoms with van der Waals surface area (Å²) in [5, 5.41) is 0. The van der Waals surface area contributed by atoms with E-state index in [0.717, 1.165) is 36.2 Å². The number of rotatable bonds is 1. The fourth-order valence-electron chi connectivity index (χ4n) is 2.35. The Morgan fingerprint density at radius 1 is 1.33 bits per heavy atom. The Morgan fingerprint density at radius 2 is 2.11 bits per heavy atom. The van der Waals surface area contributed by atoms with Gasteiger partial charge in [-0.2, -0.15) is 0 Å². The van der Waals surface area contributed by atoms with Crippen LogP contribution in [0, 0.1) is 13.8 Å². The maximum atomic E-state index is 6.07. The van der Waals surface area contributed by atoms with E-state index in [9.17, 15) is 0 Å². The Labute approximate surface area is 109 Å². The van der Waals surface area contributed by atoms with Crippen LogP contribution < -0.4 is 11.5 Å².